The minimum atomic E-state index is -1.91. The molecule has 2 aromatic rings. The largest absolute Gasteiger partial charge is 0.375 e. The van der Waals surface area contributed by atoms with Gasteiger partial charge in [-0.15, -0.1) is 0 Å². The number of Topliss-reactive ketones (excluding diaryl/α,β-unsaturated/α-hetero) is 1. The second-order valence-corrected chi connectivity index (χ2v) is 6.78. The summed E-state index contributed by atoms with van der Waals surface area (Å²) in [6.07, 6.45) is -0.373. The second-order valence-electron chi connectivity index (χ2n) is 5.86. The van der Waals surface area contributed by atoms with Gasteiger partial charge in [-0.05, 0) is 42.5 Å². The van der Waals surface area contributed by atoms with Crippen molar-refractivity contribution in [2.75, 3.05) is 10.6 Å². The molecule has 0 saturated carbocycles. The van der Waals surface area contributed by atoms with Crippen LogP contribution in [0.5, 0.6) is 0 Å². The van der Waals surface area contributed by atoms with E-state index in [-0.39, 0.29) is 18.1 Å². The van der Waals surface area contributed by atoms with Crippen molar-refractivity contribution in [1.29, 1.82) is 0 Å². The van der Waals surface area contributed by atoms with Gasteiger partial charge in [-0.2, -0.15) is 0 Å². The van der Waals surface area contributed by atoms with E-state index in [9.17, 15) is 19.5 Å². The summed E-state index contributed by atoms with van der Waals surface area (Å²) < 4.78 is 0.702. The Balaban J connectivity index is 1.84. The number of rotatable bonds is 4. The third-order valence-electron chi connectivity index (χ3n) is 3.99. The summed E-state index contributed by atoms with van der Waals surface area (Å²) in [6.45, 7) is 1.39. The van der Waals surface area contributed by atoms with E-state index in [1.54, 1.807) is 42.5 Å². The van der Waals surface area contributed by atoms with Gasteiger partial charge < -0.3 is 15.7 Å². The van der Waals surface area contributed by atoms with Crippen LogP contribution in [0, 0.1) is 0 Å². The Hall–Kier alpha value is -2.51. The summed E-state index contributed by atoms with van der Waals surface area (Å²) in [6, 6.07) is 11.3. The smallest absolute Gasteiger partial charge is 0.261 e. The number of nitrogens with one attached hydrogen (secondary N) is 2. The lowest BCUT2D eigenvalue weighted by molar-refractivity contribution is -0.133. The SMILES string of the molecule is CC(=O)Nc1ccc(C(=O)CC2(O)C(=O)Nc3ccc(Br)cc32)cc1. The van der Waals surface area contributed by atoms with Crippen LogP contribution in [-0.2, 0) is 15.2 Å². The Bertz CT molecular complexity index is 879. The molecule has 3 N–H and O–H groups in total. The van der Waals surface area contributed by atoms with Gasteiger partial charge in [-0.3, -0.25) is 14.4 Å². The maximum atomic E-state index is 12.5. The highest BCUT2D eigenvalue weighted by Crippen LogP contribution is 2.40. The molecule has 1 heterocycles. The van der Waals surface area contributed by atoms with Gasteiger partial charge in [0.1, 0.15) is 0 Å². The number of fused-ring (bicyclic) bond motifs is 1. The first kappa shape index (κ1) is 17.3. The molecule has 0 bridgehead atoms. The molecule has 1 aliphatic heterocycles. The molecule has 1 atom stereocenters. The summed E-state index contributed by atoms with van der Waals surface area (Å²) in [5.74, 6) is -1.21. The van der Waals surface area contributed by atoms with E-state index >= 15 is 0 Å². The van der Waals surface area contributed by atoms with Crippen LogP contribution in [0.1, 0.15) is 29.3 Å². The van der Waals surface area contributed by atoms with Crippen molar-refractivity contribution in [1.82, 2.24) is 0 Å². The number of halogens is 1. The van der Waals surface area contributed by atoms with Crippen LogP contribution in [0.25, 0.3) is 0 Å². The molecule has 2 amide bonds. The normalized spacial score (nSPS) is 18.4. The number of hydrogen-bond donors (Lipinski definition) is 3. The average Bonchev–Trinajstić information content (AvgIpc) is 2.79. The number of carbonyl (C=O) groups excluding carboxylic acids is 3. The summed E-state index contributed by atoms with van der Waals surface area (Å²) in [5, 5.41) is 16.0. The van der Waals surface area contributed by atoms with Crippen LogP contribution in [0.4, 0.5) is 11.4 Å². The van der Waals surface area contributed by atoms with Crippen LogP contribution in [0.2, 0.25) is 0 Å². The van der Waals surface area contributed by atoms with E-state index in [4.69, 9.17) is 0 Å². The van der Waals surface area contributed by atoms with Crippen molar-refractivity contribution in [2.45, 2.75) is 18.9 Å². The highest BCUT2D eigenvalue weighted by atomic mass is 79.9. The van der Waals surface area contributed by atoms with Crippen LogP contribution in [-0.4, -0.2) is 22.7 Å². The third kappa shape index (κ3) is 3.33. The van der Waals surface area contributed by atoms with E-state index in [2.05, 4.69) is 26.6 Å². The van der Waals surface area contributed by atoms with E-state index in [0.29, 0.717) is 27.0 Å². The van der Waals surface area contributed by atoms with Gasteiger partial charge in [0.15, 0.2) is 11.4 Å². The fraction of sp³-hybridized carbons (Fsp3) is 0.167. The number of benzene rings is 2. The first-order valence-electron chi connectivity index (χ1n) is 7.54. The number of anilines is 2. The highest BCUT2D eigenvalue weighted by Gasteiger charge is 2.46. The average molecular weight is 403 g/mol. The molecule has 0 fully saturated rings. The number of amides is 2. The third-order valence-corrected chi connectivity index (χ3v) is 4.49. The van der Waals surface area contributed by atoms with Crippen molar-refractivity contribution in [2.24, 2.45) is 0 Å². The number of hydrogen-bond acceptors (Lipinski definition) is 4. The second kappa shape index (κ2) is 6.42. The Labute approximate surface area is 152 Å². The first-order valence-corrected chi connectivity index (χ1v) is 8.33. The fourth-order valence-electron chi connectivity index (χ4n) is 2.77. The van der Waals surface area contributed by atoms with Gasteiger partial charge in [0.25, 0.3) is 5.91 Å². The van der Waals surface area contributed by atoms with Crippen molar-refractivity contribution in [3.63, 3.8) is 0 Å². The van der Waals surface area contributed by atoms with Gasteiger partial charge in [0.2, 0.25) is 5.91 Å². The molecule has 128 valence electrons. The minimum absolute atomic E-state index is 0.210. The van der Waals surface area contributed by atoms with Crippen molar-refractivity contribution < 1.29 is 19.5 Å². The predicted molar refractivity (Wildman–Crippen MR) is 96.4 cm³/mol. The topological polar surface area (TPSA) is 95.5 Å². The number of aliphatic hydroxyl groups is 1. The molecule has 3 rings (SSSR count). The molecule has 0 aliphatic carbocycles. The molecule has 0 spiro atoms. The molecule has 0 saturated heterocycles. The predicted octanol–water partition coefficient (Wildman–Crippen LogP) is 2.82. The molecule has 0 aromatic heterocycles. The van der Waals surface area contributed by atoms with Gasteiger partial charge >= 0.3 is 0 Å². The van der Waals surface area contributed by atoms with E-state index in [1.165, 1.54) is 6.92 Å². The molecular formula is C18H15BrN2O4. The Morgan fingerprint density at radius 1 is 1.20 bits per heavy atom. The molecule has 1 aliphatic rings. The van der Waals surface area contributed by atoms with Crippen LogP contribution in [0.3, 0.4) is 0 Å². The molecular weight excluding hydrogens is 388 g/mol. The molecule has 2 aromatic carbocycles. The lowest BCUT2D eigenvalue weighted by Crippen LogP contribution is -2.36. The zero-order chi connectivity index (χ0) is 18.2. The summed E-state index contributed by atoms with van der Waals surface area (Å²) in [4.78, 5) is 35.8. The zero-order valence-corrected chi connectivity index (χ0v) is 14.9. The van der Waals surface area contributed by atoms with Crippen LogP contribution in [0.15, 0.2) is 46.9 Å². The van der Waals surface area contributed by atoms with E-state index in [1.807, 2.05) is 0 Å². The standard InChI is InChI=1S/C18H15BrN2O4/c1-10(22)20-13-5-2-11(3-6-13)16(23)9-18(25)14-8-12(19)4-7-15(14)21-17(18)24/h2-8,25H,9H2,1H3,(H,20,22)(H,21,24). The Morgan fingerprint density at radius 3 is 2.52 bits per heavy atom. The Kier molecular flexibility index (Phi) is 4.45. The summed E-state index contributed by atoms with van der Waals surface area (Å²) in [5.41, 5.74) is -0.138. The van der Waals surface area contributed by atoms with Gasteiger partial charge in [0, 0.05) is 33.9 Å². The van der Waals surface area contributed by atoms with E-state index < -0.39 is 11.5 Å². The van der Waals surface area contributed by atoms with Crippen molar-refractivity contribution in [3.8, 4) is 0 Å². The quantitative estimate of drug-likeness (QED) is 0.685. The van der Waals surface area contributed by atoms with Gasteiger partial charge in [-0.25, -0.2) is 0 Å². The molecule has 6 nitrogen and oxygen atoms in total. The maximum Gasteiger partial charge on any atom is 0.261 e. The van der Waals surface area contributed by atoms with Crippen LogP contribution >= 0.6 is 15.9 Å². The molecule has 7 heteroatoms. The molecule has 0 radical (unpaired) electrons. The van der Waals surface area contributed by atoms with E-state index in [0.717, 1.165) is 0 Å². The highest BCUT2D eigenvalue weighted by molar-refractivity contribution is 9.10. The van der Waals surface area contributed by atoms with Gasteiger partial charge in [0.05, 0.1) is 6.42 Å². The number of carbonyl (C=O) groups is 3. The Morgan fingerprint density at radius 2 is 1.88 bits per heavy atom. The number of ketones is 1. The van der Waals surface area contributed by atoms with Gasteiger partial charge in [-0.1, -0.05) is 15.9 Å². The molecule has 1 unspecified atom stereocenters. The molecule has 25 heavy (non-hydrogen) atoms. The van der Waals surface area contributed by atoms with Crippen molar-refractivity contribution >= 4 is 44.9 Å². The monoisotopic (exact) mass is 402 g/mol. The maximum absolute atomic E-state index is 12.5. The first-order chi connectivity index (χ1) is 11.8. The summed E-state index contributed by atoms with van der Waals surface area (Å²) in [7, 11) is 0. The minimum Gasteiger partial charge on any atom is -0.375 e. The van der Waals surface area contributed by atoms with Crippen molar-refractivity contribution in [3.05, 3.63) is 58.1 Å². The lowest BCUT2D eigenvalue weighted by Gasteiger charge is -2.20. The lowest BCUT2D eigenvalue weighted by atomic mass is 9.88. The van der Waals surface area contributed by atoms with Crippen LogP contribution < -0.4 is 10.6 Å². The fourth-order valence-corrected chi connectivity index (χ4v) is 3.13. The zero-order valence-electron chi connectivity index (χ0n) is 13.3. The summed E-state index contributed by atoms with van der Waals surface area (Å²) >= 11 is 3.31.